The largest absolute Gasteiger partial charge is 0.384 e. The highest BCUT2D eigenvalue weighted by molar-refractivity contribution is 5.36. The van der Waals surface area contributed by atoms with Gasteiger partial charge in [-0.2, -0.15) is 0 Å². The molecule has 0 aliphatic rings. The molecule has 0 radical (unpaired) electrons. The third-order valence-corrected chi connectivity index (χ3v) is 4.92. The van der Waals surface area contributed by atoms with E-state index in [0.29, 0.717) is 18.2 Å². The van der Waals surface area contributed by atoms with Gasteiger partial charge in [0.25, 0.3) is 0 Å². The fourth-order valence-corrected chi connectivity index (χ4v) is 3.63. The molecule has 0 saturated heterocycles. The van der Waals surface area contributed by atoms with Gasteiger partial charge in [-0.25, -0.2) is 9.97 Å². The molecule has 0 saturated carbocycles. The van der Waals surface area contributed by atoms with Gasteiger partial charge < -0.3 is 17.2 Å². The summed E-state index contributed by atoms with van der Waals surface area (Å²) in [5.41, 5.74) is 24.6. The van der Waals surface area contributed by atoms with Crippen molar-refractivity contribution >= 4 is 11.6 Å². The van der Waals surface area contributed by atoms with Crippen molar-refractivity contribution in [1.82, 2.24) is 9.97 Å². The number of nitrogen functional groups attached to an aromatic ring is 2. The van der Waals surface area contributed by atoms with Gasteiger partial charge in [0, 0.05) is 17.3 Å². The molecule has 2 heterocycles. The second-order valence-electron chi connectivity index (χ2n) is 7.50. The lowest BCUT2D eigenvalue weighted by Crippen LogP contribution is -2.16. The molecule has 3 rings (SSSR count). The highest BCUT2D eigenvalue weighted by Gasteiger charge is 2.13. The van der Waals surface area contributed by atoms with E-state index in [1.807, 2.05) is 26.0 Å². The second-order valence-corrected chi connectivity index (χ2v) is 7.50. The Hall–Kier alpha value is -2.92. The van der Waals surface area contributed by atoms with E-state index in [-0.39, 0.29) is 5.92 Å². The lowest BCUT2D eigenvalue weighted by atomic mass is 9.91. The van der Waals surface area contributed by atoms with Crippen LogP contribution < -0.4 is 17.2 Å². The Morgan fingerprint density at radius 1 is 0.821 bits per heavy atom. The first kappa shape index (κ1) is 19.8. The van der Waals surface area contributed by atoms with E-state index in [0.717, 1.165) is 41.8 Å². The average Bonchev–Trinajstić information content (AvgIpc) is 2.63. The van der Waals surface area contributed by atoms with Gasteiger partial charge in [0.05, 0.1) is 0 Å². The number of nitrogens with two attached hydrogens (primary N) is 3. The molecule has 5 nitrogen and oxygen atoms in total. The van der Waals surface area contributed by atoms with Gasteiger partial charge in [0.1, 0.15) is 11.6 Å². The smallest absolute Gasteiger partial charge is 0.123 e. The van der Waals surface area contributed by atoms with Crippen LogP contribution in [0.25, 0.3) is 0 Å². The molecule has 0 amide bonds. The number of aryl methyl sites for hydroxylation is 4. The van der Waals surface area contributed by atoms with Gasteiger partial charge in [-0.05, 0) is 86.2 Å². The molecule has 1 unspecified atom stereocenters. The summed E-state index contributed by atoms with van der Waals surface area (Å²) in [6, 6.07) is 16.6. The summed E-state index contributed by atoms with van der Waals surface area (Å²) in [7, 11) is 0. The Morgan fingerprint density at radius 2 is 1.46 bits per heavy atom. The molecule has 2 aromatic heterocycles. The Balaban J connectivity index is 1.73. The maximum atomic E-state index is 6.09. The van der Waals surface area contributed by atoms with Crippen LogP contribution in [-0.4, -0.2) is 16.5 Å². The summed E-state index contributed by atoms with van der Waals surface area (Å²) in [4.78, 5) is 8.90. The van der Waals surface area contributed by atoms with Crippen LogP contribution in [-0.2, 0) is 19.3 Å². The average molecular weight is 376 g/mol. The van der Waals surface area contributed by atoms with Crippen LogP contribution in [0.2, 0.25) is 0 Å². The highest BCUT2D eigenvalue weighted by Crippen LogP contribution is 2.22. The first-order valence-electron chi connectivity index (χ1n) is 9.68. The second kappa shape index (κ2) is 8.85. The monoisotopic (exact) mass is 375 g/mol. The number of hydrogen-bond donors (Lipinski definition) is 3. The van der Waals surface area contributed by atoms with Crippen molar-refractivity contribution in [3.63, 3.8) is 0 Å². The topological polar surface area (TPSA) is 104 Å². The van der Waals surface area contributed by atoms with E-state index in [9.17, 15) is 0 Å². The molecule has 146 valence electrons. The molecule has 1 atom stereocenters. The maximum Gasteiger partial charge on any atom is 0.123 e. The molecule has 0 fully saturated rings. The Labute approximate surface area is 167 Å². The molecule has 1 aromatic carbocycles. The van der Waals surface area contributed by atoms with Crippen LogP contribution >= 0.6 is 0 Å². The van der Waals surface area contributed by atoms with Gasteiger partial charge in [-0.1, -0.05) is 24.3 Å². The van der Waals surface area contributed by atoms with E-state index in [1.54, 1.807) is 0 Å². The van der Waals surface area contributed by atoms with Crippen LogP contribution in [0, 0.1) is 13.8 Å². The van der Waals surface area contributed by atoms with Crippen LogP contribution in [0.3, 0.4) is 0 Å². The minimum atomic E-state index is 0.210. The third kappa shape index (κ3) is 5.30. The number of benzene rings is 1. The third-order valence-electron chi connectivity index (χ3n) is 4.92. The van der Waals surface area contributed by atoms with Crippen LogP contribution in [0.1, 0.15) is 39.6 Å². The van der Waals surface area contributed by atoms with Gasteiger partial charge in [0.15, 0.2) is 0 Å². The zero-order valence-electron chi connectivity index (χ0n) is 16.7. The standard InChI is InChI=1S/C23H29N5/c1-15-8-20(27-22(25)10-15)7-6-17-4-3-5-18(12-17)19(14-24)13-21-9-16(2)11-23(26)28-21/h3-5,8-12,19H,6-7,13-14,24H2,1-2H3,(H2,25,27)(H2,26,28). The van der Waals surface area contributed by atoms with Crippen molar-refractivity contribution in [3.8, 4) is 0 Å². The number of aromatic nitrogens is 2. The minimum Gasteiger partial charge on any atom is -0.384 e. The number of anilines is 2. The first-order valence-corrected chi connectivity index (χ1v) is 9.68. The molecule has 6 N–H and O–H groups in total. The molecular weight excluding hydrogens is 346 g/mol. The van der Waals surface area contributed by atoms with Crippen LogP contribution in [0.15, 0.2) is 48.5 Å². The molecular formula is C23H29N5. The molecule has 3 aromatic rings. The predicted molar refractivity (Wildman–Crippen MR) is 116 cm³/mol. The van der Waals surface area contributed by atoms with Crippen molar-refractivity contribution in [2.75, 3.05) is 18.0 Å². The lowest BCUT2D eigenvalue weighted by Gasteiger charge is -2.17. The summed E-state index contributed by atoms with van der Waals surface area (Å²) in [5, 5.41) is 0. The molecule has 0 aliphatic heterocycles. The zero-order valence-corrected chi connectivity index (χ0v) is 16.7. The van der Waals surface area contributed by atoms with E-state index >= 15 is 0 Å². The zero-order chi connectivity index (χ0) is 20.1. The quantitative estimate of drug-likeness (QED) is 0.588. The predicted octanol–water partition coefficient (Wildman–Crippen LogP) is 3.33. The Kier molecular flexibility index (Phi) is 6.26. The van der Waals surface area contributed by atoms with E-state index in [4.69, 9.17) is 17.2 Å². The number of hydrogen-bond acceptors (Lipinski definition) is 5. The van der Waals surface area contributed by atoms with Crippen LogP contribution in [0.5, 0.6) is 0 Å². The molecule has 28 heavy (non-hydrogen) atoms. The van der Waals surface area contributed by atoms with Crippen molar-refractivity contribution in [3.05, 3.63) is 82.2 Å². The Bertz CT molecular complexity index is 911. The molecule has 5 heteroatoms. The summed E-state index contributed by atoms with van der Waals surface area (Å²) in [6.45, 7) is 4.64. The Morgan fingerprint density at radius 3 is 2.11 bits per heavy atom. The van der Waals surface area contributed by atoms with Gasteiger partial charge in [-0.15, -0.1) is 0 Å². The summed E-state index contributed by atoms with van der Waals surface area (Å²) >= 11 is 0. The van der Waals surface area contributed by atoms with Gasteiger partial charge >= 0.3 is 0 Å². The lowest BCUT2D eigenvalue weighted by molar-refractivity contribution is 0.680. The number of nitrogens with zero attached hydrogens (tertiary/aromatic N) is 2. The highest BCUT2D eigenvalue weighted by atomic mass is 14.8. The first-order chi connectivity index (χ1) is 13.4. The fourth-order valence-electron chi connectivity index (χ4n) is 3.63. The maximum absolute atomic E-state index is 6.09. The molecule has 0 bridgehead atoms. The van der Waals surface area contributed by atoms with Crippen molar-refractivity contribution in [2.45, 2.75) is 39.0 Å². The number of rotatable bonds is 7. The van der Waals surface area contributed by atoms with E-state index < -0.39 is 0 Å². The van der Waals surface area contributed by atoms with Crippen LogP contribution in [0.4, 0.5) is 11.6 Å². The number of pyridine rings is 2. The van der Waals surface area contributed by atoms with E-state index in [1.165, 1.54) is 11.1 Å². The SMILES string of the molecule is Cc1cc(N)nc(CCc2cccc(C(CN)Cc3cc(C)cc(N)n3)c2)c1. The van der Waals surface area contributed by atoms with E-state index in [2.05, 4.69) is 46.4 Å². The molecule has 0 aliphatic carbocycles. The summed E-state index contributed by atoms with van der Waals surface area (Å²) in [5.74, 6) is 1.35. The fraction of sp³-hybridized carbons (Fsp3) is 0.304. The summed E-state index contributed by atoms with van der Waals surface area (Å²) < 4.78 is 0. The van der Waals surface area contributed by atoms with Gasteiger partial charge in [0.2, 0.25) is 0 Å². The van der Waals surface area contributed by atoms with Crippen molar-refractivity contribution < 1.29 is 0 Å². The van der Waals surface area contributed by atoms with Crippen molar-refractivity contribution in [1.29, 1.82) is 0 Å². The van der Waals surface area contributed by atoms with Gasteiger partial charge in [-0.3, -0.25) is 0 Å². The van der Waals surface area contributed by atoms with Crippen molar-refractivity contribution in [2.24, 2.45) is 5.73 Å². The normalized spacial score (nSPS) is 12.1. The minimum absolute atomic E-state index is 0.210. The summed E-state index contributed by atoms with van der Waals surface area (Å²) in [6.07, 6.45) is 2.55. The molecule has 0 spiro atoms.